The predicted molar refractivity (Wildman–Crippen MR) is 55.3 cm³/mol. The largest absolute Gasteiger partial charge is 0.453 e. The predicted octanol–water partition coefficient (Wildman–Crippen LogP) is 1.22. The van der Waals surface area contributed by atoms with Crippen molar-refractivity contribution in [1.29, 1.82) is 0 Å². The maximum atomic E-state index is 11.3. The number of carbonyl (C=O) groups excluding carboxylic acids is 1. The van der Waals surface area contributed by atoms with Gasteiger partial charge >= 0.3 is 6.09 Å². The molecule has 0 radical (unpaired) electrons. The van der Waals surface area contributed by atoms with Crippen LogP contribution in [0.25, 0.3) is 0 Å². The third-order valence-electron chi connectivity index (χ3n) is 2.54. The molecule has 0 aromatic carbocycles. The van der Waals surface area contributed by atoms with Crippen molar-refractivity contribution in [3.05, 3.63) is 0 Å². The fourth-order valence-corrected chi connectivity index (χ4v) is 1.79. The number of hydrogen-bond acceptors (Lipinski definition) is 3. The molecule has 0 aliphatic carbocycles. The summed E-state index contributed by atoms with van der Waals surface area (Å²) in [5.74, 6) is 0. The molecule has 1 rings (SSSR count). The lowest BCUT2D eigenvalue weighted by atomic mass is 10.1. The van der Waals surface area contributed by atoms with Gasteiger partial charge in [-0.25, -0.2) is 4.79 Å². The first-order valence-electron chi connectivity index (χ1n) is 5.34. The normalized spacial score (nSPS) is 22.1. The van der Waals surface area contributed by atoms with Crippen LogP contribution in [0.1, 0.15) is 26.2 Å². The monoisotopic (exact) mass is 200 g/mol. The van der Waals surface area contributed by atoms with Crippen LogP contribution in [0, 0.1) is 0 Å². The van der Waals surface area contributed by atoms with Crippen molar-refractivity contribution in [3.8, 4) is 0 Å². The maximum absolute atomic E-state index is 11.3. The first-order chi connectivity index (χ1) is 6.77. The zero-order valence-corrected chi connectivity index (χ0v) is 9.08. The van der Waals surface area contributed by atoms with E-state index in [1.165, 1.54) is 7.11 Å². The van der Waals surface area contributed by atoms with Crippen molar-refractivity contribution in [3.63, 3.8) is 0 Å². The first-order valence-corrected chi connectivity index (χ1v) is 5.34. The molecule has 1 fully saturated rings. The van der Waals surface area contributed by atoms with Crippen LogP contribution in [0.5, 0.6) is 0 Å². The van der Waals surface area contributed by atoms with Gasteiger partial charge in [-0.05, 0) is 25.8 Å². The Labute approximate surface area is 85.6 Å². The summed E-state index contributed by atoms with van der Waals surface area (Å²) in [6.45, 7) is 4.79. The number of rotatable bonds is 3. The minimum atomic E-state index is -0.201. The van der Waals surface area contributed by atoms with Gasteiger partial charge in [0.05, 0.1) is 7.11 Å². The number of ether oxygens (including phenoxy) is 1. The van der Waals surface area contributed by atoms with Crippen LogP contribution in [0.15, 0.2) is 0 Å². The van der Waals surface area contributed by atoms with Gasteiger partial charge in [0.25, 0.3) is 0 Å². The van der Waals surface area contributed by atoms with Gasteiger partial charge in [0.1, 0.15) is 0 Å². The van der Waals surface area contributed by atoms with Crippen LogP contribution in [0.3, 0.4) is 0 Å². The van der Waals surface area contributed by atoms with Crippen molar-refractivity contribution in [2.24, 2.45) is 0 Å². The Morgan fingerprint density at radius 1 is 1.64 bits per heavy atom. The molecule has 1 saturated heterocycles. The van der Waals surface area contributed by atoms with Crippen molar-refractivity contribution in [2.45, 2.75) is 32.2 Å². The number of likely N-dealkylation sites (tertiary alicyclic amines) is 1. The minimum absolute atomic E-state index is 0.201. The van der Waals surface area contributed by atoms with E-state index in [0.717, 1.165) is 38.9 Å². The van der Waals surface area contributed by atoms with Crippen LogP contribution in [-0.4, -0.2) is 43.8 Å². The van der Waals surface area contributed by atoms with Gasteiger partial charge < -0.3 is 15.0 Å². The summed E-state index contributed by atoms with van der Waals surface area (Å²) >= 11 is 0. The van der Waals surface area contributed by atoms with Gasteiger partial charge in [-0.15, -0.1) is 0 Å². The number of nitrogens with one attached hydrogen (secondary N) is 1. The SMILES string of the molecule is CCCNC1CCCN(C(=O)OC)C1. The highest BCUT2D eigenvalue weighted by Gasteiger charge is 2.23. The Hall–Kier alpha value is -0.770. The fraction of sp³-hybridized carbons (Fsp3) is 0.900. The molecule has 14 heavy (non-hydrogen) atoms. The average molecular weight is 200 g/mol. The first kappa shape index (κ1) is 11.3. The molecule has 4 heteroatoms. The van der Waals surface area contributed by atoms with E-state index in [9.17, 15) is 4.79 Å². The van der Waals surface area contributed by atoms with Crippen LogP contribution < -0.4 is 5.32 Å². The van der Waals surface area contributed by atoms with E-state index in [0.29, 0.717) is 6.04 Å². The Kier molecular flexibility index (Phi) is 4.73. The molecule has 4 nitrogen and oxygen atoms in total. The number of amides is 1. The van der Waals surface area contributed by atoms with Crippen LogP contribution in [0.2, 0.25) is 0 Å². The molecular formula is C10H20N2O2. The zero-order valence-electron chi connectivity index (χ0n) is 9.08. The molecule has 1 amide bonds. The Balaban J connectivity index is 2.31. The molecule has 82 valence electrons. The maximum Gasteiger partial charge on any atom is 0.409 e. The second kappa shape index (κ2) is 5.86. The molecule has 0 aromatic heterocycles. The van der Waals surface area contributed by atoms with E-state index >= 15 is 0 Å². The molecule has 0 aromatic rings. The summed E-state index contributed by atoms with van der Waals surface area (Å²) in [5, 5.41) is 3.43. The molecule has 1 unspecified atom stereocenters. The summed E-state index contributed by atoms with van der Waals surface area (Å²) in [4.78, 5) is 13.0. The van der Waals surface area contributed by atoms with E-state index < -0.39 is 0 Å². The fourth-order valence-electron chi connectivity index (χ4n) is 1.79. The Morgan fingerprint density at radius 2 is 2.43 bits per heavy atom. The lowest BCUT2D eigenvalue weighted by molar-refractivity contribution is 0.107. The second-order valence-corrected chi connectivity index (χ2v) is 3.71. The van der Waals surface area contributed by atoms with E-state index in [-0.39, 0.29) is 6.09 Å². The van der Waals surface area contributed by atoms with Crippen molar-refractivity contribution < 1.29 is 9.53 Å². The number of piperidine rings is 1. The molecule has 1 aliphatic rings. The van der Waals surface area contributed by atoms with Crippen LogP contribution in [-0.2, 0) is 4.74 Å². The second-order valence-electron chi connectivity index (χ2n) is 3.71. The summed E-state index contributed by atoms with van der Waals surface area (Å²) in [6, 6.07) is 0.447. The molecule has 0 saturated carbocycles. The van der Waals surface area contributed by atoms with E-state index in [2.05, 4.69) is 12.2 Å². The highest BCUT2D eigenvalue weighted by Crippen LogP contribution is 2.10. The zero-order chi connectivity index (χ0) is 10.4. The molecule has 1 atom stereocenters. The third kappa shape index (κ3) is 3.18. The van der Waals surface area contributed by atoms with Gasteiger partial charge in [-0.2, -0.15) is 0 Å². The van der Waals surface area contributed by atoms with Gasteiger partial charge in [-0.3, -0.25) is 0 Å². The number of carbonyl (C=O) groups is 1. The van der Waals surface area contributed by atoms with Gasteiger partial charge in [0, 0.05) is 19.1 Å². The topological polar surface area (TPSA) is 41.6 Å². The summed E-state index contributed by atoms with van der Waals surface area (Å²) in [6.07, 6.45) is 3.16. The van der Waals surface area contributed by atoms with Gasteiger partial charge in [-0.1, -0.05) is 6.92 Å². The number of hydrogen-bond donors (Lipinski definition) is 1. The van der Waals surface area contributed by atoms with E-state index in [1.807, 2.05) is 0 Å². The lowest BCUT2D eigenvalue weighted by Crippen LogP contribution is -2.48. The lowest BCUT2D eigenvalue weighted by Gasteiger charge is -2.32. The van der Waals surface area contributed by atoms with Crippen molar-refractivity contribution in [2.75, 3.05) is 26.7 Å². The highest BCUT2D eigenvalue weighted by molar-refractivity contribution is 5.67. The van der Waals surface area contributed by atoms with Crippen molar-refractivity contribution in [1.82, 2.24) is 10.2 Å². The highest BCUT2D eigenvalue weighted by atomic mass is 16.5. The quantitative estimate of drug-likeness (QED) is 0.744. The molecule has 1 heterocycles. The standard InChI is InChI=1S/C10H20N2O2/c1-3-6-11-9-5-4-7-12(8-9)10(13)14-2/h9,11H,3-8H2,1-2H3. The van der Waals surface area contributed by atoms with Crippen LogP contribution in [0.4, 0.5) is 4.79 Å². The van der Waals surface area contributed by atoms with Gasteiger partial charge in [0.2, 0.25) is 0 Å². The van der Waals surface area contributed by atoms with Gasteiger partial charge in [0.15, 0.2) is 0 Å². The van der Waals surface area contributed by atoms with Crippen LogP contribution >= 0.6 is 0 Å². The summed E-state index contributed by atoms with van der Waals surface area (Å²) in [7, 11) is 1.44. The molecule has 0 bridgehead atoms. The summed E-state index contributed by atoms with van der Waals surface area (Å²) < 4.78 is 4.70. The van der Waals surface area contributed by atoms with E-state index in [4.69, 9.17) is 4.74 Å². The number of methoxy groups -OCH3 is 1. The third-order valence-corrected chi connectivity index (χ3v) is 2.54. The molecule has 1 aliphatic heterocycles. The number of nitrogens with zero attached hydrogens (tertiary/aromatic N) is 1. The Bertz CT molecular complexity index is 185. The molecule has 0 spiro atoms. The molecular weight excluding hydrogens is 180 g/mol. The minimum Gasteiger partial charge on any atom is -0.453 e. The average Bonchev–Trinajstić information content (AvgIpc) is 2.25. The smallest absolute Gasteiger partial charge is 0.409 e. The summed E-state index contributed by atoms with van der Waals surface area (Å²) in [5.41, 5.74) is 0. The molecule has 1 N–H and O–H groups in total. The Morgan fingerprint density at radius 3 is 3.07 bits per heavy atom. The van der Waals surface area contributed by atoms with Crippen molar-refractivity contribution >= 4 is 6.09 Å². The van der Waals surface area contributed by atoms with E-state index in [1.54, 1.807) is 4.90 Å².